The lowest BCUT2D eigenvalue weighted by Gasteiger charge is -2.27. The fourth-order valence-electron chi connectivity index (χ4n) is 2.50. The smallest absolute Gasteiger partial charge is 0.268 e. The van der Waals surface area contributed by atoms with Crippen molar-refractivity contribution < 1.29 is 74.2 Å². The third kappa shape index (κ3) is 70.5. The Morgan fingerprint density at radius 1 is 0.469 bits per heavy atom. The highest BCUT2D eigenvalue weighted by Crippen LogP contribution is 2.38. The van der Waals surface area contributed by atoms with E-state index in [1.54, 1.807) is 14.0 Å². The molecule has 0 fully saturated rings. The van der Waals surface area contributed by atoms with Crippen LogP contribution in [0.1, 0.15) is 67.2 Å². The Morgan fingerprint density at radius 3 is 1.16 bits per heavy atom. The number of rotatable bonds is 24. The minimum Gasteiger partial charge on any atom is -0.779 e. The summed E-state index contributed by atoms with van der Waals surface area (Å²) in [5, 5.41) is 0. The molecular formula is C30H74N2O14P3-. The summed E-state index contributed by atoms with van der Waals surface area (Å²) in [6, 6.07) is 0. The number of phosphoric ester groups is 2. The number of likely N-dealkylation sites (N-methyl/N-ethyl adjacent to an activating group) is 1. The zero-order chi connectivity index (χ0) is 39.5. The highest BCUT2D eigenvalue weighted by molar-refractivity contribution is 7.50. The Kier molecular flexibility index (Phi) is 43.6. The van der Waals surface area contributed by atoms with Crippen LogP contribution in [0.3, 0.4) is 0 Å². The third-order valence-electron chi connectivity index (χ3n) is 4.64. The lowest BCUT2D eigenvalue weighted by Crippen LogP contribution is -2.37. The van der Waals surface area contributed by atoms with Gasteiger partial charge in [0.25, 0.3) is 15.6 Å². The molecule has 16 nitrogen and oxygen atoms in total. The molecule has 0 rings (SSSR count). The van der Waals surface area contributed by atoms with Crippen LogP contribution in [0.5, 0.6) is 0 Å². The molecule has 0 saturated carbocycles. The number of nitrogens with zero attached hydrogens (tertiary/aromatic N) is 2. The van der Waals surface area contributed by atoms with Gasteiger partial charge in [0, 0.05) is 20.4 Å². The van der Waals surface area contributed by atoms with Crippen molar-refractivity contribution in [1.29, 1.82) is 0 Å². The monoisotopic (exact) mass is 779 g/mol. The van der Waals surface area contributed by atoms with Crippen molar-refractivity contribution >= 4 is 23.2 Å². The molecule has 0 aliphatic carbocycles. The van der Waals surface area contributed by atoms with Gasteiger partial charge >= 0.3 is 0 Å². The first-order chi connectivity index (χ1) is 22.4. The van der Waals surface area contributed by atoms with Crippen LogP contribution in [-0.4, -0.2) is 144 Å². The topological polar surface area (TPSA) is 194 Å². The molecule has 0 aliphatic heterocycles. The van der Waals surface area contributed by atoms with E-state index in [4.69, 9.17) is 14.2 Å². The molecule has 0 spiro atoms. The molecule has 19 heteroatoms. The zero-order valence-electron chi connectivity index (χ0n) is 33.3. The maximum Gasteiger partial charge on any atom is 0.268 e. The van der Waals surface area contributed by atoms with Gasteiger partial charge in [-0.2, -0.15) is 0 Å². The summed E-state index contributed by atoms with van der Waals surface area (Å²) < 4.78 is 70.8. The summed E-state index contributed by atoms with van der Waals surface area (Å²) in [5.74, 6) is 0. The van der Waals surface area contributed by atoms with E-state index < -0.39 is 23.2 Å². The minimum absolute atomic E-state index is 0.129. The van der Waals surface area contributed by atoms with Crippen LogP contribution >= 0.6 is 23.2 Å². The molecule has 0 saturated heterocycles. The van der Waals surface area contributed by atoms with Crippen LogP contribution in [-0.2, 0) is 50.5 Å². The van der Waals surface area contributed by atoms with Gasteiger partial charge in [-0.1, -0.05) is 27.7 Å². The first-order valence-electron chi connectivity index (χ1n) is 16.8. The molecule has 49 heavy (non-hydrogen) atoms. The number of hydrogen-bond acceptors (Lipinski definition) is 14. The van der Waals surface area contributed by atoms with Crippen LogP contribution < -0.4 is 14.7 Å². The molecule has 0 bridgehead atoms. The molecular weight excluding hydrogens is 705 g/mol. The van der Waals surface area contributed by atoms with Crippen molar-refractivity contribution in [3.8, 4) is 0 Å². The van der Waals surface area contributed by atoms with Gasteiger partial charge < -0.3 is 65.0 Å². The first-order valence-corrected chi connectivity index (χ1v) is 21.7. The summed E-state index contributed by atoms with van der Waals surface area (Å²) in [6.45, 7) is 18.7. The predicted molar refractivity (Wildman–Crippen MR) is 190 cm³/mol. The van der Waals surface area contributed by atoms with Crippen molar-refractivity contribution in [3.63, 3.8) is 0 Å². The molecule has 0 aromatic carbocycles. The Hall–Kier alpha value is 0.170. The fraction of sp³-hybridized carbons (Fsp3) is 1.00. The Balaban J connectivity index is -0.000000168. The van der Waals surface area contributed by atoms with Gasteiger partial charge in [-0.15, -0.1) is 0 Å². The summed E-state index contributed by atoms with van der Waals surface area (Å²) in [5.41, 5.74) is 0. The second kappa shape index (κ2) is 36.5. The molecule has 0 amide bonds. The normalized spacial score (nSPS) is 14.9. The van der Waals surface area contributed by atoms with Gasteiger partial charge in [0.05, 0.1) is 102 Å². The Morgan fingerprint density at radius 2 is 0.857 bits per heavy atom. The first kappa shape index (κ1) is 58.5. The Labute approximate surface area is 299 Å². The van der Waals surface area contributed by atoms with Crippen molar-refractivity contribution in [2.24, 2.45) is 0 Å². The van der Waals surface area contributed by atoms with Gasteiger partial charge in [-0.25, -0.2) is 0 Å². The maximum atomic E-state index is 11.1. The predicted octanol–water partition coefficient (Wildman–Crippen LogP) is 3.91. The summed E-state index contributed by atoms with van der Waals surface area (Å²) in [7, 11) is 2.74. The number of ether oxygens (including phenoxy) is 3. The highest BCUT2D eigenvalue weighted by Gasteiger charge is 2.12. The average molecular weight is 780 g/mol. The fourth-order valence-corrected chi connectivity index (χ4v) is 4.60. The van der Waals surface area contributed by atoms with Crippen molar-refractivity contribution in [1.82, 2.24) is 0 Å². The van der Waals surface area contributed by atoms with Crippen molar-refractivity contribution in [2.45, 2.75) is 67.2 Å². The van der Waals surface area contributed by atoms with E-state index in [-0.39, 0.29) is 26.4 Å². The second-order valence-corrected chi connectivity index (χ2v) is 16.9. The quantitative estimate of drug-likeness (QED) is 0.0778. The molecule has 0 radical (unpaired) electrons. The Bertz CT molecular complexity index is 815. The van der Waals surface area contributed by atoms with E-state index in [1.807, 2.05) is 48.8 Å². The van der Waals surface area contributed by atoms with E-state index in [2.05, 4.69) is 50.7 Å². The minimum atomic E-state index is -4.06. The van der Waals surface area contributed by atoms with E-state index in [0.717, 1.165) is 24.2 Å². The lowest BCUT2D eigenvalue weighted by molar-refractivity contribution is -0.870. The van der Waals surface area contributed by atoms with E-state index in [9.17, 15) is 28.4 Å². The lowest BCUT2D eigenvalue weighted by atomic mass is 10.4. The molecule has 3 atom stereocenters. The van der Waals surface area contributed by atoms with Crippen LogP contribution in [0.2, 0.25) is 0 Å². The SMILES string of the molecule is CCCOP(=O)([O-])OCC.CCCOP(=O)([O-])OCC[N+](C)(C)C.CCCOP(C)(=O)[O-].CCC[N+](C)(C)C.CCOCCOCCOC. The van der Waals surface area contributed by atoms with Crippen molar-refractivity contribution in [2.75, 3.05) is 135 Å². The van der Waals surface area contributed by atoms with E-state index in [0.29, 0.717) is 56.9 Å². The van der Waals surface area contributed by atoms with E-state index in [1.165, 1.54) is 13.0 Å². The standard InChI is InChI=1S/C8H20NO4P.C7H16O3.C6H16N.C5H13O4P.C4H11O3P/c1-5-7-12-14(10,11)13-8-6-9(2,3)4;1-3-9-6-7-10-5-4-8-2;1-5-6-7(2,3)4;1-3-5-9-10(6,7)8-4-2;1-3-4-7-8(2,5)6/h5-8H2,1-4H3;3-7H2,1-2H3;5-6H2,1-4H3;3-5H2,1-2H3,(H,6,7);3-4H2,1-2H3,(H,5,6)/q;;+1;;/p-2. The molecule has 3 unspecified atom stereocenters. The van der Waals surface area contributed by atoms with Gasteiger partial charge in [0.15, 0.2) is 0 Å². The number of hydrogen-bond donors (Lipinski definition) is 0. The number of phosphoric acid groups is 2. The largest absolute Gasteiger partial charge is 0.779 e. The summed E-state index contributed by atoms with van der Waals surface area (Å²) in [6.07, 6.45) is 3.34. The second-order valence-electron chi connectivity index (χ2n) is 12.2. The van der Waals surface area contributed by atoms with Gasteiger partial charge in [-0.05, 0) is 39.5 Å². The number of quaternary nitrogens is 2. The van der Waals surface area contributed by atoms with Crippen LogP contribution in [0.15, 0.2) is 0 Å². The number of methoxy groups -OCH3 is 1. The molecule has 0 aromatic rings. The van der Waals surface area contributed by atoms with Gasteiger partial charge in [0.2, 0.25) is 0 Å². The van der Waals surface area contributed by atoms with Crippen LogP contribution in [0.4, 0.5) is 0 Å². The molecule has 0 N–H and O–H groups in total. The molecule has 0 aromatic heterocycles. The summed E-state index contributed by atoms with van der Waals surface area (Å²) >= 11 is 0. The molecule has 0 aliphatic rings. The highest BCUT2D eigenvalue weighted by atomic mass is 31.2. The average Bonchev–Trinajstić information content (AvgIpc) is 2.95. The molecule has 304 valence electrons. The zero-order valence-corrected chi connectivity index (χ0v) is 35.9. The van der Waals surface area contributed by atoms with Crippen LogP contribution in [0, 0.1) is 0 Å². The third-order valence-corrected chi connectivity index (χ3v) is 7.36. The maximum absolute atomic E-state index is 11.1. The summed E-state index contributed by atoms with van der Waals surface area (Å²) in [4.78, 5) is 31.8. The molecule has 0 heterocycles. The van der Waals surface area contributed by atoms with Gasteiger partial charge in [-0.3, -0.25) is 9.13 Å². The van der Waals surface area contributed by atoms with E-state index >= 15 is 0 Å². The van der Waals surface area contributed by atoms with Crippen molar-refractivity contribution in [3.05, 3.63) is 0 Å². The van der Waals surface area contributed by atoms with Crippen LogP contribution in [0.25, 0.3) is 0 Å². The van der Waals surface area contributed by atoms with Gasteiger partial charge in [0.1, 0.15) is 20.7 Å².